The van der Waals surface area contributed by atoms with E-state index in [1.165, 1.54) is 6.92 Å². The zero-order valence-corrected chi connectivity index (χ0v) is 10.2. The first-order chi connectivity index (χ1) is 9.38. The Kier molecular flexibility index (Phi) is 5.07. The quantitative estimate of drug-likeness (QED) is 0.295. The predicted molar refractivity (Wildman–Crippen MR) is 61.6 cm³/mol. The van der Waals surface area contributed by atoms with E-state index in [1.54, 1.807) is 0 Å². The first kappa shape index (κ1) is 15.5. The van der Waals surface area contributed by atoms with E-state index in [9.17, 15) is 28.1 Å². The van der Waals surface area contributed by atoms with Gasteiger partial charge in [0.2, 0.25) is 0 Å². The third kappa shape index (κ3) is 3.46. The summed E-state index contributed by atoms with van der Waals surface area (Å²) >= 11 is 0. The molecule has 0 amide bonds. The molecule has 0 aromatic heterocycles. The Balaban J connectivity index is 3.02. The van der Waals surface area contributed by atoms with Crippen LogP contribution < -0.4 is 5.32 Å². The van der Waals surface area contributed by atoms with E-state index in [1.807, 2.05) is 5.32 Å². The maximum absolute atomic E-state index is 13.3. The van der Waals surface area contributed by atoms with E-state index in [0.717, 1.165) is 6.07 Å². The Bertz CT molecular complexity index is 575. The predicted octanol–water partition coefficient (Wildman–Crippen LogP) is 2.20. The molecule has 108 valence electrons. The number of benzene rings is 1. The van der Waals surface area contributed by atoms with Gasteiger partial charge in [0.25, 0.3) is 0 Å². The van der Waals surface area contributed by atoms with Gasteiger partial charge in [0.05, 0.1) is 23.4 Å². The lowest BCUT2D eigenvalue weighted by Crippen LogP contribution is -2.16. The Morgan fingerprint density at radius 2 is 2.05 bits per heavy atom. The van der Waals surface area contributed by atoms with Gasteiger partial charge in [0, 0.05) is 0 Å². The molecule has 0 atom stereocenters. The number of nitro groups is 1. The lowest BCUT2D eigenvalue weighted by Gasteiger charge is -2.04. The van der Waals surface area contributed by atoms with Crippen molar-refractivity contribution in [1.82, 2.24) is 0 Å². The summed E-state index contributed by atoms with van der Waals surface area (Å²) in [5.74, 6) is -5.94. The van der Waals surface area contributed by atoms with E-state index in [0.29, 0.717) is 12.3 Å². The minimum atomic E-state index is -1.73. The van der Waals surface area contributed by atoms with Crippen molar-refractivity contribution in [3.63, 3.8) is 0 Å². The van der Waals surface area contributed by atoms with E-state index < -0.39 is 39.7 Å². The molecular weight excluding hydrogens is 281 g/mol. The molecule has 0 aliphatic carbocycles. The van der Waals surface area contributed by atoms with Gasteiger partial charge in [-0.15, -0.1) is 0 Å². The third-order valence-corrected chi connectivity index (χ3v) is 2.08. The number of ether oxygens (including phenoxy) is 1. The molecule has 0 heterocycles. The lowest BCUT2D eigenvalue weighted by atomic mass is 10.3. The second kappa shape index (κ2) is 6.55. The Morgan fingerprint density at radius 3 is 2.60 bits per heavy atom. The summed E-state index contributed by atoms with van der Waals surface area (Å²) in [4.78, 5) is 20.8. The molecule has 0 bridgehead atoms. The maximum atomic E-state index is 13.3. The van der Waals surface area contributed by atoms with Gasteiger partial charge >= 0.3 is 11.7 Å². The Labute approximate surface area is 111 Å². The Hall–Kier alpha value is -2.58. The van der Waals surface area contributed by atoms with Crippen LogP contribution in [0.25, 0.3) is 0 Å². The number of carbonyl (C=O) groups is 1. The van der Waals surface area contributed by atoms with Gasteiger partial charge in [-0.25, -0.2) is 18.0 Å². The van der Waals surface area contributed by atoms with Crippen molar-refractivity contribution in [3.05, 3.63) is 51.6 Å². The number of halogens is 3. The van der Waals surface area contributed by atoms with Crippen molar-refractivity contribution in [2.75, 3.05) is 11.9 Å². The van der Waals surface area contributed by atoms with Gasteiger partial charge in [0.15, 0.2) is 17.5 Å². The van der Waals surface area contributed by atoms with Gasteiger partial charge in [-0.2, -0.15) is 0 Å². The minimum Gasteiger partial charge on any atom is -0.458 e. The number of carbonyl (C=O) groups excluding carboxylic acids is 1. The highest BCUT2D eigenvalue weighted by Gasteiger charge is 2.23. The van der Waals surface area contributed by atoms with Crippen LogP contribution in [0.3, 0.4) is 0 Å². The van der Waals surface area contributed by atoms with Crippen molar-refractivity contribution in [2.24, 2.45) is 0 Å². The van der Waals surface area contributed by atoms with Gasteiger partial charge in [-0.3, -0.25) is 10.1 Å². The van der Waals surface area contributed by atoms with Crippen LogP contribution in [0.5, 0.6) is 0 Å². The number of nitrogens with zero attached hydrogens (tertiary/aromatic N) is 1. The second-order valence-electron chi connectivity index (χ2n) is 3.37. The molecule has 0 spiro atoms. The second-order valence-corrected chi connectivity index (χ2v) is 3.37. The lowest BCUT2D eigenvalue weighted by molar-refractivity contribution is -0.421. The number of hydrogen-bond donors (Lipinski definition) is 1. The highest BCUT2D eigenvalue weighted by Crippen LogP contribution is 2.19. The van der Waals surface area contributed by atoms with Gasteiger partial charge < -0.3 is 10.1 Å². The summed E-state index contributed by atoms with van der Waals surface area (Å²) in [5, 5.41) is 12.6. The smallest absolute Gasteiger partial charge is 0.411 e. The molecule has 1 rings (SSSR count). The van der Waals surface area contributed by atoms with Crippen molar-refractivity contribution in [1.29, 1.82) is 0 Å². The summed E-state index contributed by atoms with van der Waals surface area (Å²) in [5.41, 5.74) is -1.57. The minimum absolute atomic E-state index is 0.0937. The molecule has 0 aliphatic heterocycles. The highest BCUT2D eigenvalue weighted by atomic mass is 19.2. The molecule has 9 heteroatoms. The fourth-order valence-electron chi connectivity index (χ4n) is 1.17. The summed E-state index contributed by atoms with van der Waals surface area (Å²) in [7, 11) is 0. The largest absolute Gasteiger partial charge is 0.458 e. The molecule has 0 aliphatic rings. The van der Waals surface area contributed by atoms with Gasteiger partial charge in [-0.1, -0.05) is 0 Å². The summed E-state index contributed by atoms with van der Waals surface area (Å²) in [6.45, 7) is 1.35. The van der Waals surface area contributed by atoms with Crippen molar-refractivity contribution in [3.8, 4) is 0 Å². The summed E-state index contributed by atoms with van der Waals surface area (Å²) in [6, 6.07) is 1.46. The average Bonchev–Trinajstić information content (AvgIpc) is 2.38. The normalized spacial score (nSPS) is 11.1. The molecule has 6 nitrogen and oxygen atoms in total. The molecule has 0 radical (unpaired) electrons. The maximum Gasteiger partial charge on any atom is 0.411 e. The molecule has 1 aromatic carbocycles. The fourth-order valence-corrected chi connectivity index (χ4v) is 1.17. The highest BCUT2D eigenvalue weighted by molar-refractivity contribution is 5.86. The van der Waals surface area contributed by atoms with Crippen LogP contribution in [-0.2, 0) is 9.53 Å². The number of rotatable bonds is 5. The molecule has 0 saturated carbocycles. The average molecular weight is 290 g/mol. The number of anilines is 1. The standard InChI is InChI=1S/C11H9F3N2O4/c1-2-20-11(17)8(16(18)19)5-15-7-4-3-6(12)9(13)10(7)14/h3-5,15H,2H2,1H3/b8-5+. The van der Waals surface area contributed by atoms with Crippen molar-refractivity contribution < 1.29 is 27.6 Å². The topological polar surface area (TPSA) is 81.5 Å². The third-order valence-electron chi connectivity index (χ3n) is 2.08. The molecule has 1 aromatic rings. The van der Waals surface area contributed by atoms with Crippen molar-refractivity contribution >= 4 is 11.7 Å². The Morgan fingerprint density at radius 1 is 1.40 bits per heavy atom. The fraction of sp³-hybridized carbons (Fsp3) is 0.182. The molecule has 1 N–H and O–H groups in total. The van der Waals surface area contributed by atoms with Crippen LogP contribution >= 0.6 is 0 Å². The molecule has 0 fully saturated rings. The molecule has 20 heavy (non-hydrogen) atoms. The van der Waals surface area contributed by atoms with Crippen LogP contribution in [0.2, 0.25) is 0 Å². The zero-order chi connectivity index (χ0) is 15.3. The van der Waals surface area contributed by atoms with Crippen LogP contribution in [0.15, 0.2) is 24.0 Å². The van der Waals surface area contributed by atoms with Crippen LogP contribution in [0, 0.1) is 27.6 Å². The first-order valence-electron chi connectivity index (χ1n) is 5.30. The number of hydrogen-bond acceptors (Lipinski definition) is 5. The molecule has 0 saturated heterocycles. The van der Waals surface area contributed by atoms with E-state index in [2.05, 4.69) is 4.74 Å². The van der Waals surface area contributed by atoms with Crippen LogP contribution in [-0.4, -0.2) is 17.5 Å². The van der Waals surface area contributed by atoms with Crippen LogP contribution in [0.1, 0.15) is 6.92 Å². The monoisotopic (exact) mass is 290 g/mol. The van der Waals surface area contributed by atoms with E-state index in [4.69, 9.17) is 0 Å². The van der Waals surface area contributed by atoms with Crippen molar-refractivity contribution in [2.45, 2.75) is 6.92 Å². The van der Waals surface area contributed by atoms with Crippen LogP contribution in [0.4, 0.5) is 18.9 Å². The van der Waals surface area contributed by atoms with Gasteiger partial charge in [0.1, 0.15) is 0 Å². The molecule has 0 unspecified atom stereocenters. The molecular formula is C11H9F3N2O4. The van der Waals surface area contributed by atoms with Gasteiger partial charge in [-0.05, 0) is 19.1 Å². The zero-order valence-electron chi connectivity index (χ0n) is 10.2. The first-order valence-corrected chi connectivity index (χ1v) is 5.30. The number of esters is 1. The summed E-state index contributed by atoms with van der Waals surface area (Å²) in [6.07, 6.45) is 0.535. The number of nitrogens with one attached hydrogen (secondary N) is 1. The summed E-state index contributed by atoms with van der Waals surface area (Å²) < 4.78 is 43.3. The van der Waals surface area contributed by atoms with E-state index in [-0.39, 0.29) is 6.61 Å². The SMILES string of the molecule is CCOC(=O)/C(=C\Nc1ccc(F)c(F)c1F)[N+](=O)[O-]. The van der Waals surface area contributed by atoms with E-state index >= 15 is 0 Å².